The van der Waals surface area contributed by atoms with E-state index in [1.54, 1.807) is 18.6 Å². The standard InChI is InChI=1S/C14H17BrN4/c1-14(2,3)18-9-12-4-5-17-13(19-12)10-6-11(15)8-16-7-10/h4-8,18H,9H2,1-3H3. The molecular weight excluding hydrogens is 304 g/mol. The Morgan fingerprint density at radius 1 is 1.26 bits per heavy atom. The minimum Gasteiger partial charge on any atom is -0.306 e. The highest BCUT2D eigenvalue weighted by Gasteiger charge is 2.10. The van der Waals surface area contributed by atoms with Gasteiger partial charge in [-0.3, -0.25) is 4.98 Å². The third-order valence-electron chi connectivity index (χ3n) is 2.48. The maximum Gasteiger partial charge on any atom is 0.161 e. The van der Waals surface area contributed by atoms with E-state index in [0.717, 1.165) is 22.3 Å². The molecule has 2 heterocycles. The lowest BCUT2D eigenvalue weighted by Gasteiger charge is -2.20. The second kappa shape index (κ2) is 5.75. The highest BCUT2D eigenvalue weighted by molar-refractivity contribution is 9.10. The summed E-state index contributed by atoms with van der Waals surface area (Å²) >= 11 is 3.40. The predicted octanol–water partition coefficient (Wildman–Crippen LogP) is 3.19. The molecule has 0 saturated carbocycles. The third kappa shape index (κ3) is 4.36. The fraction of sp³-hybridized carbons (Fsp3) is 0.357. The van der Waals surface area contributed by atoms with E-state index in [1.807, 2.05) is 12.1 Å². The minimum absolute atomic E-state index is 0.0719. The summed E-state index contributed by atoms with van der Waals surface area (Å²) in [6, 6.07) is 3.89. The summed E-state index contributed by atoms with van der Waals surface area (Å²) in [7, 11) is 0. The van der Waals surface area contributed by atoms with Crippen LogP contribution in [0.5, 0.6) is 0 Å². The van der Waals surface area contributed by atoms with Crippen molar-refractivity contribution in [3.8, 4) is 11.4 Å². The van der Waals surface area contributed by atoms with Crippen molar-refractivity contribution < 1.29 is 0 Å². The molecule has 0 aliphatic carbocycles. The van der Waals surface area contributed by atoms with Crippen molar-refractivity contribution in [1.29, 1.82) is 0 Å². The van der Waals surface area contributed by atoms with Gasteiger partial charge in [-0.2, -0.15) is 0 Å². The Kier molecular flexibility index (Phi) is 4.27. The molecule has 4 nitrogen and oxygen atoms in total. The van der Waals surface area contributed by atoms with Crippen LogP contribution in [0.2, 0.25) is 0 Å². The van der Waals surface area contributed by atoms with Gasteiger partial charge >= 0.3 is 0 Å². The van der Waals surface area contributed by atoms with Crippen molar-refractivity contribution in [3.05, 3.63) is 40.9 Å². The van der Waals surface area contributed by atoms with E-state index in [-0.39, 0.29) is 5.54 Å². The maximum absolute atomic E-state index is 4.55. The Balaban J connectivity index is 2.20. The van der Waals surface area contributed by atoms with Gasteiger partial charge in [-0.05, 0) is 48.8 Å². The molecule has 0 atom stereocenters. The van der Waals surface area contributed by atoms with Crippen molar-refractivity contribution in [2.24, 2.45) is 0 Å². The van der Waals surface area contributed by atoms with Gasteiger partial charge in [0.1, 0.15) is 0 Å². The van der Waals surface area contributed by atoms with E-state index >= 15 is 0 Å². The lowest BCUT2D eigenvalue weighted by atomic mass is 10.1. The smallest absolute Gasteiger partial charge is 0.161 e. The van der Waals surface area contributed by atoms with E-state index in [9.17, 15) is 0 Å². The molecule has 0 aliphatic heterocycles. The first-order chi connectivity index (χ1) is 8.94. The van der Waals surface area contributed by atoms with Crippen molar-refractivity contribution >= 4 is 15.9 Å². The minimum atomic E-state index is 0.0719. The second-order valence-electron chi connectivity index (χ2n) is 5.37. The number of hydrogen-bond donors (Lipinski definition) is 1. The van der Waals surface area contributed by atoms with Crippen LogP contribution in [0.4, 0.5) is 0 Å². The second-order valence-corrected chi connectivity index (χ2v) is 6.28. The molecule has 5 heteroatoms. The van der Waals surface area contributed by atoms with Gasteiger partial charge in [-0.1, -0.05) is 0 Å². The van der Waals surface area contributed by atoms with Crippen molar-refractivity contribution in [3.63, 3.8) is 0 Å². The number of nitrogens with zero attached hydrogens (tertiary/aromatic N) is 3. The molecule has 0 fully saturated rings. The van der Waals surface area contributed by atoms with Crippen LogP contribution in [0, 0.1) is 0 Å². The summed E-state index contributed by atoms with van der Waals surface area (Å²) in [4.78, 5) is 13.0. The van der Waals surface area contributed by atoms with E-state index in [1.165, 1.54) is 0 Å². The van der Waals surface area contributed by atoms with Gasteiger partial charge in [-0.15, -0.1) is 0 Å². The molecule has 2 aromatic heterocycles. The first-order valence-corrected chi connectivity index (χ1v) is 6.91. The zero-order valence-corrected chi connectivity index (χ0v) is 12.9. The van der Waals surface area contributed by atoms with Gasteiger partial charge in [0, 0.05) is 40.7 Å². The number of hydrogen-bond acceptors (Lipinski definition) is 4. The van der Waals surface area contributed by atoms with E-state index < -0.39 is 0 Å². The Morgan fingerprint density at radius 2 is 2.05 bits per heavy atom. The first-order valence-electron chi connectivity index (χ1n) is 6.12. The van der Waals surface area contributed by atoms with Crippen LogP contribution >= 0.6 is 15.9 Å². The maximum atomic E-state index is 4.55. The normalized spacial score (nSPS) is 11.6. The van der Waals surface area contributed by atoms with Crippen molar-refractivity contribution in [1.82, 2.24) is 20.3 Å². The number of halogens is 1. The van der Waals surface area contributed by atoms with Gasteiger partial charge in [0.05, 0.1) is 5.69 Å². The SMILES string of the molecule is CC(C)(C)NCc1ccnc(-c2cncc(Br)c2)n1. The summed E-state index contributed by atoms with van der Waals surface area (Å²) < 4.78 is 0.923. The van der Waals surface area contributed by atoms with Gasteiger partial charge in [-0.25, -0.2) is 9.97 Å². The third-order valence-corrected chi connectivity index (χ3v) is 2.91. The number of aromatic nitrogens is 3. The predicted molar refractivity (Wildman–Crippen MR) is 79.6 cm³/mol. The van der Waals surface area contributed by atoms with Crippen LogP contribution in [0.25, 0.3) is 11.4 Å². The van der Waals surface area contributed by atoms with Crippen LogP contribution in [0.1, 0.15) is 26.5 Å². The summed E-state index contributed by atoms with van der Waals surface area (Å²) in [5, 5.41) is 3.41. The monoisotopic (exact) mass is 320 g/mol. The molecule has 2 rings (SSSR count). The average Bonchev–Trinajstić information content (AvgIpc) is 2.36. The van der Waals surface area contributed by atoms with Crippen LogP contribution in [0.3, 0.4) is 0 Å². The summed E-state index contributed by atoms with van der Waals surface area (Å²) in [5.41, 5.74) is 1.95. The van der Waals surface area contributed by atoms with Crippen molar-refractivity contribution in [2.75, 3.05) is 0 Å². The zero-order chi connectivity index (χ0) is 13.9. The first kappa shape index (κ1) is 14.1. The highest BCUT2D eigenvalue weighted by atomic mass is 79.9. The summed E-state index contributed by atoms with van der Waals surface area (Å²) in [6.07, 6.45) is 5.29. The zero-order valence-electron chi connectivity index (χ0n) is 11.3. The van der Waals surface area contributed by atoms with E-state index in [2.05, 4.69) is 57.0 Å². The average molecular weight is 321 g/mol. The van der Waals surface area contributed by atoms with Gasteiger partial charge in [0.15, 0.2) is 5.82 Å². The molecule has 0 radical (unpaired) electrons. The summed E-state index contributed by atoms with van der Waals surface area (Å²) in [6.45, 7) is 7.12. The van der Waals surface area contributed by atoms with E-state index in [0.29, 0.717) is 5.82 Å². The molecule has 0 aliphatic rings. The molecule has 0 bridgehead atoms. The van der Waals surface area contributed by atoms with Crippen molar-refractivity contribution in [2.45, 2.75) is 32.9 Å². The lowest BCUT2D eigenvalue weighted by Crippen LogP contribution is -2.35. The van der Waals surface area contributed by atoms with Crippen LogP contribution in [0.15, 0.2) is 35.2 Å². The summed E-state index contributed by atoms with van der Waals surface area (Å²) in [5.74, 6) is 0.696. The molecule has 0 spiro atoms. The molecule has 19 heavy (non-hydrogen) atoms. The fourth-order valence-corrected chi connectivity index (χ4v) is 1.89. The number of nitrogens with one attached hydrogen (secondary N) is 1. The largest absolute Gasteiger partial charge is 0.306 e. The molecule has 1 N–H and O–H groups in total. The topological polar surface area (TPSA) is 50.7 Å². The van der Waals surface area contributed by atoms with Gasteiger partial charge in [0.25, 0.3) is 0 Å². The van der Waals surface area contributed by atoms with Crippen LogP contribution in [-0.2, 0) is 6.54 Å². The highest BCUT2D eigenvalue weighted by Crippen LogP contribution is 2.18. The fourth-order valence-electron chi connectivity index (χ4n) is 1.52. The molecule has 0 aromatic carbocycles. The lowest BCUT2D eigenvalue weighted by molar-refractivity contribution is 0.421. The van der Waals surface area contributed by atoms with Gasteiger partial charge in [0.2, 0.25) is 0 Å². The Hall–Kier alpha value is -1.33. The number of pyridine rings is 1. The molecule has 0 unspecified atom stereocenters. The Morgan fingerprint density at radius 3 is 2.74 bits per heavy atom. The number of rotatable bonds is 3. The molecule has 0 saturated heterocycles. The Bertz CT molecular complexity index is 563. The molecular formula is C14H17BrN4. The Labute approximate surface area is 121 Å². The van der Waals surface area contributed by atoms with Gasteiger partial charge < -0.3 is 5.32 Å². The quantitative estimate of drug-likeness (QED) is 0.943. The van der Waals surface area contributed by atoms with Crippen LogP contribution in [-0.4, -0.2) is 20.5 Å². The molecule has 100 valence electrons. The molecule has 2 aromatic rings. The van der Waals surface area contributed by atoms with Crippen LogP contribution < -0.4 is 5.32 Å². The molecule has 0 amide bonds. The van der Waals surface area contributed by atoms with E-state index in [4.69, 9.17) is 0 Å².